The van der Waals surface area contributed by atoms with E-state index < -0.39 is 0 Å². The Hall–Kier alpha value is -1.43. The van der Waals surface area contributed by atoms with Crippen molar-refractivity contribution in [1.29, 1.82) is 0 Å². The molecule has 0 radical (unpaired) electrons. The minimum atomic E-state index is 0.0712. The Kier molecular flexibility index (Phi) is 7.52. The van der Waals surface area contributed by atoms with Gasteiger partial charge in [-0.05, 0) is 50.4 Å². The number of carbonyl (C=O) groups excluding carboxylic acids is 1. The number of hydrogen-bond acceptors (Lipinski definition) is 4. The largest absolute Gasteiger partial charge is 0.379 e. The fourth-order valence-electron chi connectivity index (χ4n) is 2.78. The second-order valence-corrected chi connectivity index (χ2v) is 5.88. The van der Waals surface area contributed by atoms with Crippen LogP contribution in [-0.2, 0) is 20.9 Å². The maximum absolute atomic E-state index is 12.2. The minimum Gasteiger partial charge on any atom is -0.379 e. The predicted octanol–water partition coefficient (Wildman–Crippen LogP) is 2.63. The lowest BCUT2D eigenvalue weighted by molar-refractivity contribution is -0.116. The predicted molar refractivity (Wildman–Crippen MR) is 91.6 cm³/mol. The van der Waals surface area contributed by atoms with E-state index in [4.69, 9.17) is 9.47 Å². The molecule has 0 bridgehead atoms. The standard InChI is InChI=1S/C18H28N2O3/c1-3-22-10-11-23-13-15-6-4-8-17(14(15)2)20-18(21)12-16-7-5-9-19-16/h4,6,8,16,19H,3,5,7,9-13H2,1-2H3,(H,20,21). The second kappa shape index (κ2) is 9.65. The molecule has 0 aromatic heterocycles. The normalized spacial score (nSPS) is 17.4. The van der Waals surface area contributed by atoms with Crippen molar-refractivity contribution in [3.8, 4) is 0 Å². The van der Waals surface area contributed by atoms with Gasteiger partial charge in [-0.2, -0.15) is 0 Å². The summed E-state index contributed by atoms with van der Waals surface area (Å²) in [6.07, 6.45) is 2.78. The van der Waals surface area contributed by atoms with E-state index in [1.54, 1.807) is 0 Å². The molecule has 1 saturated heterocycles. The van der Waals surface area contributed by atoms with Crippen LogP contribution in [0.5, 0.6) is 0 Å². The molecule has 1 unspecified atom stereocenters. The first-order valence-electron chi connectivity index (χ1n) is 8.48. The number of anilines is 1. The van der Waals surface area contributed by atoms with Gasteiger partial charge in [-0.25, -0.2) is 0 Å². The topological polar surface area (TPSA) is 59.6 Å². The first-order valence-corrected chi connectivity index (χ1v) is 8.48. The Morgan fingerprint density at radius 1 is 1.35 bits per heavy atom. The monoisotopic (exact) mass is 320 g/mol. The Bertz CT molecular complexity index is 499. The van der Waals surface area contributed by atoms with Gasteiger partial charge in [-0.15, -0.1) is 0 Å². The minimum absolute atomic E-state index is 0.0712. The fraction of sp³-hybridized carbons (Fsp3) is 0.611. The number of nitrogens with one attached hydrogen (secondary N) is 2. The van der Waals surface area contributed by atoms with Gasteiger partial charge in [0.1, 0.15) is 0 Å². The van der Waals surface area contributed by atoms with E-state index in [0.717, 1.165) is 36.2 Å². The summed E-state index contributed by atoms with van der Waals surface area (Å²) >= 11 is 0. The maximum Gasteiger partial charge on any atom is 0.225 e. The van der Waals surface area contributed by atoms with Gasteiger partial charge in [0.25, 0.3) is 0 Å². The summed E-state index contributed by atoms with van der Waals surface area (Å²) in [5.74, 6) is 0.0712. The van der Waals surface area contributed by atoms with Crippen molar-refractivity contribution in [3.05, 3.63) is 29.3 Å². The number of benzene rings is 1. The molecule has 0 saturated carbocycles. The van der Waals surface area contributed by atoms with E-state index in [-0.39, 0.29) is 5.91 Å². The summed E-state index contributed by atoms with van der Waals surface area (Å²) < 4.78 is 10.9. The van der Waals surface area contributed by atoms with Gasteiger partial charge in [0.05, 0.1) is 19.8 Å². The van der Waals surface area contributed by atoms with E-state index in [0.29, 0.717) is 38.9 Å². The number of ether oxygens (including phenoxy) is 2. The number of hydrogen-bond donors (Lipinski definition) is 2. The van der Waals surface area contributed by atoms with Crippen molar-refractivity contribution in [2.45, 2.75) is 45.8 Å². The second-order valence-electron chi connectivity index (χ2n) is 5.88. The van der Waals surface area contributed by atoms with Gasteiger partial charge in [0.2, 0.25) is 5.91 Å². The number of rotatable bonds is 9. The molecule has 1 atom stereocenters. The van der Waals surface area contributed by atoms with E-state index in [9.17, 15) is 4.79 Å². The third kappa shape index (κ3) is 5.94. The van der Waals surface area contributed by atoms with Crippen molar-refractivity contribution >= 4 is 11.6 Å². The van der Waals surface area contributed by atoms with E-state index in [1.165, 1.54) is 0 Å². The lowest BCUT2D eigenvalue weighted by atomic mass is 10.1. The van der Waals surface area contributed by atoms with Gasteiger partial charge in [0, 0.05) is 24.8 Å². The molecule has 128 valence electrons. The van der Waals surface area contributed by atoms with Crippen LogP contribution in [0, 0.1) is 6.92 Å². The smallest absolute Gasteiger partial charge is 0.225 e. The van der Waals surface area contributed by atoms with Gasteiger partial charge in [-0.1, -0.05) is 12.1 Å². The summed E-state index contributed by atoms with van der Waals surface area (Å²) in [5.41, 5.74) is 3.04. The average molecular weight is 320 g/mol. The highest BCUT2D eigenvalue weighted by Crippen LogP contribution is 2.20. The maximum atomic E-state index is 12.2. The molecule has 5 heteroatoms. The molecule has 1 heterocycles. The van der Waals surface area contributed by atoms with Crippen molar-refractivity contribution in [2.24, 2.45) is 0 Å². The molecule has 1 aromatic carbocycles. The average Bonchev–Trinajstić information content (AvgIpc) is 3.03. The highest BCUT2D eigenvalue weighted by atomic mass is 16.5. The van der Waals surface area contributed by atoms with E-state index in [1.807, 2.05) is 32.0 Å². The molecule has 23 heavy (non-hydrogen) atoms. The zero-order chi connectivity index (χ0) is 16.5. The van der Waals surface area contributed by atoms with Crippen LogP contribution < -0.4 is 10.6 Å². The molecule has 0 aliphatic carbocycles. The molecule has 1 fully saturated rings. The zero-order valence-electron chi connectivity index (χ0n) is 14.2. The zero-order valence-corrected chi connectivity index (χ0v) is 14.2. The van der Waals surface area contributed by atoms with Crippen LogP contribution in [0.3, 0.4) is 0 Å². The Balaban J connectivity index is 1.84. The highest BCUT2D eigenvalue weighted by molar-refractivity contribution is 5.92. The van der Waals surface area contributed by atoms with Gasteiger partial charge < -0.3 is 20.1 Å². The molecule has 1 amide bonds. The Labute approximate surface area is 138 Å². The van der Waals surface area contributed by atoms with Crippen molar-refractivity contribution in [2.75, 3.05) is 31.7 Å². The van der Waals surface area contributed by atoms with E-state index in [2.05, 4.69) is 10.6 Å². The molecule has 2 rings (SSSR count). The Morgan fingerprint density at radius 2 is 2.17 bits per heavy atom. The van der Waals surface area contributed by atoms with Crippen LogP contribution in [0.25, 0.3) is 0 Å². The van der Waals surface area contributed by atoms with Crippen LogP contribution >= 0.6 is 0 Å². The summed E-state index contributed by atoms with van der Waals surface area (Å²) in [5, 5.41) is 6.38. The fourth-order valence-corrected chi connectivity index (χ4v) is 2.78. The highest BCUT2D eigenvalue weighted by Gasteiger charge is 2.18. The molecule has 2 N–H and O–H groups in total. The molecule has 1 aliphatic rings. The van der Waals surface area contributed by atoms with Crippen LogP contribution in [-0.4, -0.2) is 38.3 Å². The van der Waals surface area contributed by atoms with E-state index >= 15 is 0 Å². The molecule has 5 nitrogen and oxygen atoms in total. The van der Waals surface area contributed by atoms with Crippen molar-refractivity contribution in [3.63, 3.8) is 0 Å². The first-order chi connectivity index (χ1) is 11.2. The molecule has 0 spiro atoms. The lowest BCUT2D eigenvalue weighted by Gasteiger charge is -2.14. The quantitative estimate of drug-likeness (QED) is 0.687. The number of amides is 1. The summed E-state index contributed by atoms with van der Waals surface area (Å²) in [6, 6.07) is 6.25. The molecule has 1 aromatic rings. The van der Waals surface area contributed by atoms with Crippen molar-refractivity contribution in [1.82, 2.24) is 5.32 Å². The summed E-state index contributed by atoms with van der Waals surface area (Å²) in [6.45, 7) is 7.44. The van der Waals surface area contributed by atoms with Gasteiger partial charge in [-0.3, -0.25) is 4.79 Å². The third-order valence-corrected chi connectivity index (χ3v) is 4.15. The van der Waals surface area contributed by atoms with Crippen LogP contribution in [0.2, 0.25) is 0 Å². The van der Waals surface area contributed by atoms with Crippen molar-refractivity contribution < 1.29 is 14.3 Å². The number of carbonyl (C=O) groups is 1. The lowest BCUT2D eigenvalue weighted by Crippen LogP contribution is -2.27. The van der Waals surface area contributed by atoms with Crippen LogP contribution in [0.15, 0.2) is 18.2 Å². The first kappa shape index (κ1) is 17.9. The van der Waals surface area contributed by atoms with Crippen LogP contribution in [0.4, 0.5) is 5.69 Å². The Morgan fingerprint density at radius 3 is 2.91 bits per heavy atom. The van der Waals surface area contributed by atoms with Gasteiger partial charge in [0.15, 0.2) is 0 Å². The van der Waals surface area contributed by atoms with Gasteiger partial charge >= 0.3 is 0 Å². The molecular weight excluding hydrogens is 292 g/mol. The SMILES string of the molecule is CCOCCOCc1cccc(NC(=O)CC2CCCN2)c1C. The molecular formula is C18H28N2O3. The summed E-state index contributed by atoms with van der Waals surface area (Å²) in [4.78, 5) is 12.2. The third-order valence-electron chi connectivity index (χ3n) is 4.15. The molecule has 1 aliphatic heterocycles. The van der Waals surface area contributed by atoms with Crippen LogP contribution in [0.1, 0.15) is 37.3 Å². The summed E-state index contributed by atoms with van der Waals surface area (Å²) in [7, 11) is 0.